The van der Waals surface area contributed by atoms with Crippen LogP contribution in [0.15, 0.2) is 66.9 Å². The van der Waals surface area contributed by atoms with Gasteiger partial charge in [0.25, 0.3) is 0 Å². The summed E-state index contributed by atoms with van der Waals surface area (Å²) in [5, 5.41) is 15.6. The van der Waals surface area contributed by atoms with Gasteiger partial charge in [0.15, 0.2) is 0 Å². The second kappa shape index (κ2) is 11.5. The van der Waals surface area contributed by atoms with Crippen molar-refractivity contribution in [3.63, 3.8) is 0 Å². The van der Waals surface area contributed by atoms with Crippen LogP contribution < -0.4 is 4.90 Å². The van der Waals surface area contributed by atoms with E-state index < -0.39 is 11.9 Å². The summed E-state index contributed by atoms with van der Waals surface area (Å²) in [5.41, 5.74) is 2.54. The van der Waals surface area contributed by atoms with Gasteiger partial charge in [-0.2, -0.15) is 0 Å². The number of rotatable bonds is 6. The van der Waals surface area contributed by atoms with E-state index in [1.165, 1.54) is 11.4 Å². The molecule has 2 N–H and O–H groups in total. The average molecular weight is 383 g/mol. The van der Waals surface area contributed by atoms with Crippen LogP contribution in [0.3, 0.4) is 0 Å². The van der Waals surface area contributed by atoms with E-state index in [1.54, 1.807) is 0 Å². The zero-order valence-electron chi connectivity index (χ0n) is 15.6. The van der Waals surface area contributed by atoms with Gasteiger partial charge in [-0.3, -0.25) is 9.88 Å². The molecule has 0 aliphatic carbocycles. The van der Waals surface area contributed by atoms with E-state index >= 15 is 0 Å². The lowest BCUT2D eigenvalue weighted by Gasteiger charge is -2.36. The number of carboxylic acid groups (broad SMARTS) is 2. The predicted molar refractivity (Wildman–Crippen MR) is 107 cm³/mol. The first kappa shape index (κ1) is 21.1. The molecule has 0 atom stereocenters. The van der Waals surface area contributed by atoms with Crippen LogP contribution in [0.5, 0.6) is 0 Å². The Balaban J connectivity index is 0.000000300. The first-order valence-corrected chi connectivity index (χ1v) is 9.11. The summed E-state index contributed by atoms with van der Waals surface area (Å²) < 4.78 is 0. The third kappa shape index (κ3) is 8.01. The molecule has 0 spiro atoms. The van der Waals surface area contributed by atoms with E-state index in [0.29, 0.717) is 12.2 Å². The van der Waals surface area contributed by atoms with E-state index in [-0.39, 0.29) is 0 Å². The number of aromatic nitrogens is 1. The van der Waals surface area contributed by atoms with E-state index in [0.717, 1.165) is 39.1 Å². The SMILES string of the molecule is O=C(O)C=CC(=O)O.c1ccc(N2CCN(CCc3ccccn3)CC2)cc1. The van der Waals surface area contributed by atoms with Crippen molar-refractivity contribution >= 4 is 17.6 Å². The van der Waals surface area contributed by atoms with E-state index in [9.17, 15) is 9.59 Å². The number of para-hydroxylation sites is 1. The van der Waals surface area contributed by atoms with Gasteiger partial charge >= 0.3 is 11.9 Å². The van der Waals surface area contributed by atoms with E-state index in [1.807, 2.05) is 12.3 Å². The maximum absolute atomic E-state index is 9.55. The average Bonchev–Trinajstić information content (AvgIpc) is 2.73. The fourth-order valence-electron chi connectivity index (χ4n) is 2.83. The maximum atomic E-state index is 9.55. The number of piperazine rings is 1. The number of nitrogens with zero attached hydrogens (tertiary/aromatic N) is 3. The topological polar surface area (TPSA) is 94.0 Å². The molecule has 7 heteroatoms. The molecule has 0 unspecified atom stereocenters. The summed E-state index contributed by atoms with van der Waals surface area (Å²) in [5.74, 6) is -2.51. The lowest BCUT2D eigenvalue weighted by atomic mass is 10.2. The molecule has 1 aliphatic heterocycles. The summed E-state index contributed by atoms with van der Waals surface area (Å²) in [6, 6.07) is 16.9. The Bertz CT molecular complexity index is 742. The van der Waals surface area contributed by atoms with Crippen LogP contribution in [0.1, 0.15) is 5.69 Å². The minimum Gasteiger partial charge on any atom is -0.478 e. The summed E-state index contributed by atoms with van der Waals surface area (Å²) in [6.07, 6.45) is 4.04. The summed E-state index contributed by atoms with van der Waals surface area (Å²) in [6.45, 7) is 5.63. The standard InChI is InChI=1S/C17H21N3.C4H4O4/c1-2-7-17(8-3-1)20-14-12-19(13-15-20)11-9-16-6-4-5-10-18-16;5-3(6)1-2-4(7)8/h1-8,10H,9,11-15H2;1-2H,(H,5,6)(H,7,8). The summed E-state index contributed by atoms with van der Waals surface area (Å²) in [4.78, 5) is 28.5. The van der Waals surface area contributed by atoms with Gasteiger partial charge in [0.1, 0.15) is 0 Å². The molecule has 1 aliphatic rings. The van der Waals surface area contributed by atoms with Crippen LogP contribution in [0.2, 0.25) is 0 Å². The molecule has 1 fully saturated rings. The second-order valence-corrected chi connectivity index (χ2v) is 6.25. The minimum atomic E-state index is -1.26. The Morgan fingerprint density at radius 3 is 2.04 bits per heavy atom. The molecule has 0 saturated carbocycles. The van der Waals surface area contributed by atoms with E-state index in [2.05, 4.69) is 57.2 Å². The quantitative estimate of drug-likeness (QED) is 0.738. The third-order valence-corrected chi connectivity index (χ3v) is 4.27. The molecule has 28 heavy (non-hydrogen) atoms. The van der Waals surface area contributed by atoms with Crippen LogP contribution in [0.25, 0.3) is 0 Å². The minimum absolute atomic E-state index is 0.558. The second-order valence-electron chi connectivity index (χ2n) is 6.25. The maximum Gasteiger partial charge on any atom is 0.328 e. The van der Waals surface area contributed by atoms with E-state index in [4.69, 9.17) is 10.2 Å². The highest BCUT2D eigenvalue weighted by atomic mass is 16.4. The van der Waals surface area contributed by atoms with Crippen molar-refractivity contribution in [2.45, 2.75) is 6.42 Å². The predicted octanol–water partition coefficient (Wildman–Crippen LogP) is 2.16. The molecule has 1 saturated heterocycles. The number of benzene rings is 1. The van der Waals surface area contributed by atoms with Crippen LogP contribution in [-0.4, -0.2) is 64.8 Å². The van der Waals surface area contributed by atoms with Gasteiger partial charge in [-0.15, -0.1) is 0 Å². The molecule has 0 bridgehead atoms. The Hall–Kier alpha value is -3.19. The first-order chi connectivity index (χ1) is 13.5. The molecule has 2 aromatic rings. The lowest BCUT2D eigenvalue weighted by Crippen LogP contribution is -2.47. The van der Waals surface area contributed by atoms with Gasteiger partial charge in [-0.25, -0.2) is 9.59 Å². The molecular formula is C21H25N3O4. The normalized spacial score (nSPS) is 14.4. The van der Waals surface area contributed by atoms with Crippen molar-refractivity contribution < 1.29 is 19.8 Å². The smallest absolute Gasteiger partial charge is 0.328 e. The largest absolute Gasteiger partial charge is 0.478 e. The van der Waals surface area contributed by atoms with Gasteiger partial charge in [0.05, 0.1) is 0 Å². The van der Waals surface area contributed by atoms with Gasteiger partial charge in [-0.1, -0.05) is 24.3 Å². The van der Waals surface area contributed by atoms with Crippen molar-refractivity contribution in [1.29, 1.82) is 0 Å². The molecule has 0 amide bonds. The number of hydrogen-bond donors (Lipinski definition) is 2. The van der Waals surface area contributed by atoms with Crippen molar-refractivity contribution in [3.8, 4) is 0 Å². The Labute approximate surface area is 164 Å². The Morgan fingerprint density at radius 1 is 0.893 bits per heavy atom. The fourth-order valence-corrected chi connectivity index (χ4v) is 2.83. The zero-order valence-corrected chi connectivity index (χ0v) is 15.6. The Morgan fingerprint density at radius 2 is 1.50 bits per heavy atom. The highest BCUT2D eigenvalue weighted by Gasteiger charge is 2.16. The van der Waals surface area contributed by atoms with Crippen molar-refractivity contribution in [2.75, 3.05) is 37.6 Å². The van der Waals surface area contributed by atoms with Crippen LogP contribution in [0, 0.1) is 0 Å². The van der Waals surface area contributed by atoms with Gasteiger partial charge in [-0.05, 0) is 24.3 Å². The molecule has 2 heterocycles. The van der Waals surface area contributed by atoms with Crippen molar-refractivity contribution in [3.05, 3.63) is 72.6 Å². The highest BCUT2D eigenvalue weighted by Crippen LogP contribution is 2.15. The van der Waals surface area contributed by atoms with Gasteiger partial charge in [0.2, 0.25) is 0 Å². The zero-order chi connectivity index (χ0) is 20.2. The van der Waals surface area contributed by atoms with Crippen LogP contribution >= 0.6 is 0 Å². The molecule has 3 rings (SSSR count). The Kier molecular flexibility index (Phi) is 8.68. The number of anilines is 1. The number of hydrogen-bond acceptors (Lipinski definition) is 5. The molecule has 0 radical (unpaired) electrons. The van der Waals surface area contributed by atoms with Crippen LogP contribution in [0.4, 0.5) is 5.69 Å². The molecular weight excluding hydrogens is 358 g/mol. The van der Waals surface area contributed by atoms with Crippen molar-refractivity contribution in [2.24, 2.45) is 0 Å². The van der Waals surface area contributed by atoms with Crippen LogP contribution in [-0.2, 0) is 16.0 Å². The third-order valence-electron chi connectivity index (χ3n) is 4.27. The lowest BCUT2D eigenvalue weighted by molar-refractivity contribution is -0.134. The van der Waals surface area contributed by atoms with Gasteiger partial charge < -0.3 is 15.1 Å². The monoisotopic (exact) mass is 383 g/mol. The summed E-state index contributed by atoms with van der Waals surface area (Å²) >= 11 is 0. The molecule has 1 aromatic heterocycles. The number of aliphatic carboxylic acids is 2. The number of carboxylic acids is 2. The fraction of sp³-hybridized carbons (Fsp3) is 0.286. The first-order valence-electron chi connectivity index (χ1n) is 9.11. The highest BCUT2D eigenvalue weighted by molar-refractivity contribution is 5.89. The number of carbonyl (C=O) groups is 2. The van der Waals surface area contributed by atoms with Gasteiger partial charge in [0, 0.05) is 68.9 Å². The summed E-state index contributed by atoms with van der Waals surface area (Å²) in [7, 11) is 0. The molecule has 7 nitrogen and oxygen atoms in total. The molecule has 148 valence electrons. The van der Waals surface area contributed by atoms with Crippen molar-refractivity contribution in [1.82, 2.24) is 9.88 Å². The molecule has 1 aromatic carbocycles. The number of pyridine rings is 1.